The van der Waals surface area contributed by atoms with Gasteiger partial charge in [-0.15, -0.1) is 0 Å². The minimum absolute atomic E-state index is 0.643. The fourth-order valence-electron chi connectivity index (χ4n) is 2.26. The molecule has 25 heavy (non-hydrogen) atoms. The smallest absolute Gasteiger partial charge is 0.119 e. The Morgan fingerprint density at radius 3 is 1.44 bits per heavy atom. The van der Waals surface area contributed by atoms with E-state index in [0.29, 0.717) is 13.2 Å². The second kappa shape index (κ2) is 11.0. The van der Waals surface area contributed by atoms with E-state index in [-0.39, 0.29) is 0 Å². The van der Waals surface area contributed by atoms with Crippen LogP contribution in [-0.2, 0) is 4.74 Å². The Bertz CT molecular complexity index is 577. The molecule has 2 aromatic rings. The van der Waals surface area contributed by atoms with Crippen molar-refractivity contribution in [2.45, 2.75) is 25.7 Å². The number of hydrogen-bond donors (Lipinski definition) is 0. The lowest BCUT2D eigenvalue weighted by Crippen LogP contribution is -2.01. The molecular weight excluding hydrogens is 312 g/mol. The molecule has 0 aliphatic rings. The van der Waals surface area contributed by atoms with Crippen LogP contribution in [0.2, 0.25) is 0 Å². The Morgan fingerprint density at radius 1 is 0.640 bits per heavy atom. The van der Waals surface area contributed by atoms with Crippen LogP contribution < -0.4 is 9.47 Å². The summed E-state index contributed by atoms with van der Waals surface area (Å²) >= 11 is 0. The molecule has 3 heteroatoms. The molecule has 0 atom stereocenters. The van der Waals surface area contributed by atoms with Crippen molar-refractivity contribution in [1.82, 2.24) is 0 Å². The summed E-state index contributed by atoms with van der Waals surface area (Å²) in [7, 11) is 0. The van der Waals surface area contributed by atoms with Gasteiger partial charge in [0.15, 0.2) is 0 Å². The average Bonchev–Trinajstić information content (AvgIpc) is 2.64. The van der Waals surface area contributed by atoms with E-state index < -0.39 is 0 Å². The first-order chi connectivity index (χ1) is 12.2. The van der Waals surface area contributed by atoms with Gasteiger partial charge in [-0.25, -0.2) is 0 Å². The maximum atomic E-state index is 5.65. The molecule has 0 N–H and O–H groups in total. The quantitative estimate of drug-likeness (QED) is 0.364. The van der Waals surface area contributed by atoms with Gasteiger partial charge in [0, 0.05) is 12.8 Å². The summed E-state index contributed by atoms with van der Waals surface area (Å²) in [5.41, 5.74) is 0. The van der Waals surface area contributed by atoms with E-state index in [1.54, 1.807) is 0 Å². The molecule has 2 rings (SSSR count). The summed E-state index contributed by atoms with van der Waals surface area (Å²) in [5.74, 6) is 3.23. The minimum Gasteiger partial charge on any atom is -0.494 e. The Kier molecular flexibility index (Phi) is 8.19. The third-order valence-corrected chi connectivity index (χ3v) is 3.51. The topological polar surface area (TPSA) is 27.7 Å². The zero-order valence-electron chi connectivity index (χ0n) is 14.7. The molecule has 3 nitrogen and oxygen atoms in total. The van der Waals surface area contributed by atoms with E-state index in [0.717, 1.165) is 48.7 Å². The van der Waals surface area contributed by atoms with E-state index >= 15 is 0 Å². The second-order valence-electron chi connectivity index (χ2n) is 5.71. The van der Waals surface area contributed by atoms with Crippen molar-refractivity contribution in [1.29, 1.82) is 0 Å². The maximum Gasteiger partial charge on any atom is 0.119 e. The van der Waals surface area contributed by atoms with E-state index in [1.807, 2.05) is 60.7 Å². The van der Waals surface area contributed by atoms with Crippen LogP contribution in [0.15, 0.2) is 85.3 Å². The van der Waals surface area contributed by atoms with Crippen LogP contribution in [0.3, 0.4) is 0 Å². The second-order valence-corrected chi connectivity index (χ2v) is 5.71. The van der Waals surface area contributed by atoms with Crippen LogP contribution in [-0.4, -0.2) is 13.2 Å². The summed E-state index contributed by atoms with van der Waals surface area (Å²) in [6.45, 7) is 9.18. The average molecular weight is 338 g/mol. The highest BCUT2D eigenvalue weighted by molar-refractivity contribution is 5.21. The van der Waals surface area contributed by atoms with Gasteiger partial charge in [0.1, 0.15) is 11.5 Å². The molecule has 2 aromatic carbocycles. The van der Waals surface area contributed by atoms with Gasteiger partial charge in [-0.05, 0) is 37.1 Å². The zero-order chi connectivity index (χ0) is 17.7. The Labute approximate surface area is 150 Å². The zero-order valence-corrected chi connectivity index (χ0v) is 14.7. The molecular formula is C22H26O3. The van der Waals surface area contributed by atoms with Crippen molar-refractivity contribution in [3.63, 3.8) is 0 Å². The molecule has 0 unspecified atom stereocenters. The molecule has 0 aliphatic heterocycles. The Morgan fingerprint density at radius 2 is 1.04 bits per heavy atom. The molecule has 0 heterocycles. The lowest BCUT2D eigenvalue weighted by molar-refractivity contribution is 0.247. The van der Waals surface area contributed by atoms with Gasteiger partial charge in [0.05, 0.1) is 24.7 Å². The van der Waals surface area contributed by atoms with Crippen LogP contribution in [0.25, 0.3) is 0 Å². The predicted octanol–water partition coefficient (Wildman–Crippen LogP) is 5.75. The number of ether oxygens (including phenoxy) is 3. The molecule has 0 aromatic heterocycles. The van der Waals surface area contributed by atoms with Gasteiger partial charge in [0.2, 0.25) is 0 Å². The molecule has 0 saturated carbocycles. The molecule has 0 amide bonds. The maximum absolute atomic E-state index is 5.65. The highest BCUT2D eigenvalue weighted by atomic mass is 16.5. The number of para-hydroxylation sites is 2. The summed E-state index contributed by atoms with van der Waals surface area (Å²) in [5, 5.41) is 0. The highest BCUT2D eigenvalue weighted by Gasteiger charge is 2.02. The van der Waals surface area contributed by atoms with Crippen molar-refractivity contribution in [3.05, 3.63) is 85.3 Å². The first-order valence-corrected chi connectivity index (χ1v) is 8.63. The van der Waals surface area contributed by atoms with Crippen molar-refractivity contribution in [3.8, 4) is 11.5 Å². The summed E-state index contributed by atoms with van der Waals surface area (Å²) in [6.07, 6.45) is 3.23. The first-order valence-electron chi connectivity index (χ1n) is 8.63. The van der Waals surface area contributed by atoms with E-state index in [1.165, 1.54) is 0 Å². The normalized spacial score (nSPS) is 10.1. The van der Waals surface area contributed by atoms with Gasteiger partial charge in [-0.1, -0.05) is 49.6 Å². The molecule has 0 bridgehead atoms. The summed E-state index contributed by atoms with van der Waals surface area (Å²) < 4.78 is 16.9. The molecule has 0 saturated heterocycles. The molecule has 0 aliphatic carbocycles. The monoisotopic (exact) mass is 338 g/mol. The van der Waals surface area contributed by atoms with E-state index in [9.17, 15) is 0 Å². The number of hydrogen-bond acceptors (Lipinski definition) is 3. The van der Waals surface area contributed by atoms with Crippen LogP contribution in [0.1, 0.15) is 25.7 Å². The van der Waals surface area contributed by atoms with Crippen molar-refractivity contribution in [2.75, 3.05) is 13.2 Å². The van der Waals surface area contributed by atoms with Gasteiger partial charge in [-0.3, -0.25) is 0 Å². The van der Waals surface area contributed by atoms with Crippen LogP contribution in [0.4, 0.5) is 0 Å². The third-order valence-electron chi connectivity index (χ3n) is 3.51. The summed E-state index contributed by atoms with van der Waals surface area (Å²) in [6, 6.07) is 19.6. The lowest BCUT2D eigenvalue weighted by atomic mass is 10.2. The SMILES string of the molecule is C=C(CCCOc1ccccc1)OC(=C)CCCOc1ccccc1. The van der Waals surface area contributed by atoms with Gasteiger partial charge in [0.25, 0.3) is 0 Å². The largest absolute Gasteiger partial charge is 0.494 e. The van der Waals surface area contributed by atoms with E-state index in [2.05, 4.69) is 13.2 Å². The van der Waals surface area contributed by atoms with Crippen LogP contribution in [0, 0.1) is 0 Å². The Balaban J connectivity index is 1.50. The third kappa shape index (κ3) is 8.11. The molecule has 0 radical (unpaired) electrons. The molecule has 132 valence electrons. The van der Waals surface area contributed by atoms with Gasteiger partial charge >= 0.3 is 0 Å². The van der Waals surface area contributed by atoms with E-state index in [4.69, 9.17) is 14.2 Å². The minimum atomic E-state index is 0.643. The number of rotatable bonds is 12. The van der Waals surface area contributed by atoms with Gasteiger partial charge < -0.3 is 14.2 Å². The fraction of sp³-hybridized carbons (Fsp3) is 0.273. The Hall–Kier alpha value is -2.68. The van der Waals surface area contributed by atoms with Gasteiger partial charge in [-0.2, -0.15) is 0 Å². The lowest BCUT2D eigenvalue weighted by Gasteiger charge is -2.12. The van der Waals surface area contributed by atoms with Crippen molar-refractivity contribution < 1.29 is 14.2 Å². The van der Waals surface area contributed by atoms with Crippen LogP contribution >= 0.6 is 0 Å². The highest BCUT2D eigenvalue weighted by Crippen LogP contribution is 2.15. The summed E-state index contributed by atoms with van der Waals surface area (Å²) in [4.78, 5) is 0. The predicted molar refractivity (Wildman–Crippen MR) is 102 cm³/mol. The fourth-order valence-corrected chi connectivity index (χ4v) is 2.26. The van der Waals surface area contributed by atoms with Crippen molar-refractivity contribution in [2.24, 2.45) is 0 Å². The molecule has 0 spiro atoms. The van der Waals surface area contributed by atoms with Crippen LogP contribution in [0.5, 0.6) is 11.5 Å². The first kappa shape index (κ1) is 18.7. The molecule has 0 fully saturated rings. The standard InChI is InChI=1S/C22H26O3/c1-19(11-9-17-23-21-13-5-3-6-14-21)25-20(2)12-10-18-24-22-15-7-4-8-16-22/h3-8,13-16H,1-2,9-12,17-18H2. The van der Waals surface area contributed by atoms with Crippen molar-refractivity contribution >= 4 is 0 Å². The number of allylic oxidation sites excluding steroid dienone is 2. The number of benzene rings is 2.